The van der Waals surface area contributed by atoms with Crippen LogP contribution in [-0.4, -0.2) is 60.9 Å². The Morgan fingerprint density at radius 3 is 2.70 bits per heavy atom. The van der Waals surface area contributed by atoms with Crippen LogP contribution >= 0.6 is 0 Å². The maximum Gasteiger partial charge on any atom is 0.279 e. The highest BCUT2D eigenvalue weighted by Crippen LogP contribution is 2.23. The van der Waals surface area contributed by atoms with E-state index < -0.39 is 10.2 Å². The van der Waals surface area contributed by atoms with Gasteiger partial charge in [0.1, 0.15) is 17.8 Å². The van der Waals surface area contributed by atoms with Gasteiger partial charge in [-0.3, -0.25) is 0 Å². The predicted molar refractivity (Wildman–Crippen MR) is 75.7 cm³/mol. The molecule has 8 nitrogen and oxygen atoms in total. The van der Waals surface area contributed by atoms with Crippen molar-refractivity contribution in [2.24, 2.45) is 0 Å². The van der Waals surface area contributed by atoms with E-state index >= 15 is 0 Å². The summed E-state index contributed by atoms with van der Waals surface area (Å²) in [6.07, 6.45) is 3.34. The fraction of sp³-hybridized carbons (Fsp3) is 0.455. The van der Waals surface area contributed by atoms with Gasteiger partial charge in [0.05, 0.1) is 5.39 Å². The first-order valence-electron chi connectivity index (χ1n) is 6.33. The van der Waals surface area contributed by atoms with Crippen LogP contribution in [0.25, 0.3) is 11.0 Å². The molecule has 0 radical (unpaired) electrons. The smallest absolute Gasteiger partial charge is 0.279 e. The molecule has 1 aliphatic rings. The summed E-state index contributed by atoms with van der Waals surface area (Å²) in [5.74, 6) is 0.845. The van der Waals surface area contributed by atoms with Crippen molar-refractivity contribution in [3.8, 4) is 0 Å². The van der Waals surface area contributed by atoms with E-state index in [-0.39, 0.29) is 0 Å². The fourth-order valence-electron chi connectivity index (χ4n) is 2.38. The van der Waals surface area contributed by atoms with Gasteiger partial charge >= 0.3 is 0 Å². The molecular weight excluding hydrogens is 280 g/mol. The van der Waals surface area contributed by atoms with Gasteiger partial charge in [0.15, 0.2) is 0 Å². The second-order valence-corrected chi connectivity index (χ2v) is 6.41. The van der Waals surface area contributed by atoms with Gasteiger partial charge in [-0.15, -0.1) is 0 Å². The Labute approximate surface area is 117 Å². The molecule has 0 atom stereocenters. The van der Waals surface area contributed by atoms with Crippen LogP contribution in [0.3, 0.4) is 0 Å². The van der Waals surface area contributed by atoms with E-state index in [1.54, 1.807) is 0 Å². The minimum atomic E-state index is -3.34. The normalized spacial score (nSPS) is 17.8. The Balaban J connectivity index is 1.80. The third kappa shape index (κ3) is 2.23. The summed E-state index contributed by atoms with van der Waals surface area (Å²) >= 11 is 0. The average Bonchev–Trinajstić information content (AvgIpc) is 2.95. The second kappa shape index (κ2) is 5.00. The van der Waals surface area contributed by atoms with Gasteiger partial charge in [0.2, 0.25) is 0 Å². The van der Waals surface area contributed by atoms with Gasteiger partial charge in [-0.2, -0.15) is 12.7 Å². The number of H-pyrrole nitrogens is 1. The molecule has 108 valence electrons. The van der Waals surface area contributed by atoms with Crippen LogP contribution in [0.15, 0.2) is 18.6 Å². The SMILES string of the molecule is CNS(=O)(=O)N1CCN(c2ncnc3[nH]ccc23)CC1. The van der Waals surface area contributed by atoms with E-state index in [4.69, 9.17) is 0 Å². The van der Waals surface area contributed by atoms with Crippen LogP contribution in [0.2, 0.25) is 0 Å². The van der Waals surface area contributed by atoms with Gasteiger partial charge in [0, 0.05) is 39.4 Å². The highest BCUT2D eigenvalue weighted by molar-refractivity contribution is 7.87. The number of hydrogen-bond acceptors (Lipinski definition) is 5. The Bertz CT molecular complexity index is 705. The van der Waals surface area contributed by atoms with Crippen molar-refractivity contribution in [2.45, 2.75) is 0 Å². The summed E-state index contributed by atoms with van der Waals surface area (Å²) in [7, 11) is -1.91. The van der Waals surface area contributed by atoms with Gasteiger partial charge in [0.25, 0.3) is 10.2 Å². The number of aromatic amines is 1. The third-order valence-corrected chi connectivity index (χ3v) is 5.03. The molecule has 2 N–H and O–H groups in total. The monoisotopic (exact) mass is 296 g/mol. The Kier molecular flexibility index (Phi) is 3.32. The molecule has 20 heavy (non-hydrogen) atoms. The summed E-state index contributed by atoms with van der Waals surface area (Å²) in [6, 6.07) is 1.93. The number of hydrogen-bond donors (Lipinski definition) is 2. The lowest BCUT2D eigenvalue weighted by Crippen LogP contribution is -2.51. The topological polar surface area (TPSA) is 94.2 Å². The van der Waals surface area contributed by atoms with Crippen LogP contribution < -0.4 is 9.62 Å². The maximum absolute atomic E-state index is 11.7. The number of piperazine rings is 1. The molecule has 0 unspecified atom stereocenters. The minimum Gasteiger partial charge on any atom is -0.353 e. The van der Waals surface area contributed by atoms with Crippen molar-refractivity contribution >= 4 is 27.1 Å². The molecule has 0 amide bonds. The first-order chi connectivity index (χ1) is 9.62. The number of fused-ring (bicyclic) bond motifs is 1. The van der Waals surface area contributed by atoms with Crippen molar-refractivity contribution in [3.05, 3.63) is 18.6 Å². The third-order valence-electron chi connectivity index (χ3n) is 3.47. The summed E-state index contributed by atoms with van der Waals surface area (Å²) in [6.45, 7) is 2.11. The zero-order valence-electron chi connectivity index (χ0n) is 11.1. The van der Waals surface area contributed by atoms with E-state index in [1.165, 1.54) is 17.7 Å². The van der Waals surface area contributed by atoms with E-state index in [0.717, 1.165) is 16.9 Å². The number of anilines is 1. The lowest BCUT2D eigenvalue weighted by atomic mass is 10.3. The zero-order chi connectivity index (χ0) is 14.2. The van der Waals surface area contributed by atoms with Gasteiger partial charge < -0.3 is 9.88 Å². The lowest BCUT2D eigenvalue weighted by molar-refractivity contribution is 0.380. The van der Waals surface area contributed by atoms with Crippen molar-refractivity contribution in [3.63, 3.8) is 0 Å². The molecule has 0 aliphatic carbocycles. The first kappa shape index (κ1) is 13.3. The Morgan fingerprint density at radius 1 is 1.25 bits per heavy atom. The van der Waals surface area contributed by atoms with E-state index in [2.05, 4.69) is 24.6 Å². The number of nitrogens with zero attached hydrogens (tertiary/aromatic N) is 4. The number of rotatable bonds is 3. The second-order valence-electron chi connectivity index (χ2n) is 4.53. The van der Waals surface area contributed by atoms with Crippen LogP contribution in [0, 0.1) is 0 Å². The molecule has 3 rings (SSSR count). The minimum absolute atomic E-state index is 0.444. The van der Waals surface area contributed by atoms with Crippen LogP contribution in [0.4, 0.5) is 5.82 Å². The highest BCUT2D eigenvalue weighted by Gasteiger charge is 2.26. The molecule has 2 aromatic heterocycles. The van der Waals surface area contributed by atoms with Crippen LogP contribution in [-0.2, 0) is 10.2 Å². The quantitative estimate of drug-likeness (QED) is 0.799. The molecule has 0 aromatic carbocycles. The largest absolute Gasteiger partial charge is 0.353 e. The molecule has 9 heteroatoms. The number of aromatic nitrogens is 3. The maximum atomic E-state index is 11.7. The molecule has 2 aromatic rings. The first-order valence-corrected chi connectivity index (χ1v) is 7.77. The van der Waals surface area contributed by atoms with E-state index in [1.807, 2.05) is 12.3 Å². The van der Waals surface area contributed by atoms with Crippen LogP contribution in [0.5, 0.6) is 0 Å². The van der Waals surface area contributed by atoms with Crippen molar-refractivity contribution in [1.29, 1.82) is 0 Å². The van der Waals surface area contributed by atoms with Gasteiger partial charge in [-0.25, -0.2) is 14.7 Å². The summed E-state index contributed by atoms with van der Waals surface area (Å²) < 4.78 is 27.3. The fourth-order valence-corrected chi connectivity index (χ4v) is 3.28. The summed E-state index contributed by atoms with van der Waals surface area (Å²) in [5, 5.41) is 0.956. The van der Waals surface area contributed by atoms with E-state index in [9.17, 15) is 8.42 Å². The van der Waals surface area contributed by atoms with Crippen molar-refractivity contribution in [1.82, 2.24) is 24.0 Å². The molecule has 3 heterocycles. The van der Waals surface area contributed by atoms with Gasteiger partial charge in [-0.05, 0) is 6.07 Å². The van der Waals surface area contributed by atoms with E-state index in [0.29, 0.717) is 26.2 Å². The standard InChI is InChI=1S/C11H16N6O2S/c1-12-20(18,19)17-6-4-16(5-7-17)11-9-2-3-13-10(9)14-8-15-11/h2-3,8,12H,4-7H2,1H3,(H,13,14,15). The molecule has 1 aliphatic heterocycles. The van der Waals surface area contributed by atoms with Crippen molar-refractivity contribution < 1.29 is 8.42 Å². The molecule has 0 bridgehead atoms. The summed E-state index contributed by atoms with van der Waals surface area (Å²) in [4.78, 5) is 13.6. The lowest BCUT2D eigenvalue weighted by Gasteiger charge is -2.34. The molecule has 0 saturated carbocycles. The zero-order valence-corrected chi connectivity index (χ0v) is 11.9. The van der Waals surface area contributed by atoms with Crippen molar-refractivity contribution in [2.75, 3.05) is 38.1 Å². The van der Waals surface area contributed by atoms with Gasteiger partial charge in [-0.1, -0.05) is 0 Å². The molecule has 1 fully saturated rings. The number of nitrogens with one attached hydrogen (secondary N) is 2. The highest BCUT2D eigenvalue weighted by atomic mass is 32.2. The van der Waals surface area contributed by atoms with Crippen LogP contribution in [0.1, 0.15) is 0 Å². The Hall–Kier alpha value is -1.71. The predicted octanol–water partition coefficient (Wildman–Crippen LogP) is -0.456. The molecule has 1 saturated heterocycles. The molecular formula is C11H16N6O2S. The Morgan fingerprint density at radius 2 is 2.00 bits per heavy atom. The average molecular weight is 296 g/mol. The molecule has 0 spiro atoms. The summed E-state index contributed by atoms with van der Waals surface area (Å²) in [5.41, 5.74) is 0.792.